The Balaban J connectivity index is 2.72. The molecule has 1 aromatic carbocycles. The quantitative estimate of drug-likeness (QED) is 0.876. The summed E-state index contributed by atoms with van der Waals surface area (Å²) in [4.78, 5) is 0. The average Bonchev–Trinajstić information content (AvgIpc) is 2.66. The van der Waals surface area contributed by atoms with Crippen molar-refractivity contribution in [3.8, 4) is 11.5 Å². The Labute approximate surface area is 101 Å². The standard InChI is InChI=1S/C13H18N2O2/c1-15-8-9(6-7-14)10-4-5-11(16-2)13(17-3)12(10)15/h4-5,8H,6-7,14H2,1-3H3. The van der Waals surface area contributed by atoms with Crippen LogP contribution < -0.4 is 15.2 Å². The molecule has 2 rings (SSSR count). The number of ether oxygens (including phenoxy) is 2. The van der Waals surface area contributed by atoms with Crippen LogP contribution in [0.5, 0.6) is 11.5 Å². The third kappa shape index (κ3) is 1.85. The summed E-state index contributed by atoms with van der Waals surface area (Å²) < 4.78 is 12.8. The molecule has 0 unspecified atom stereocenters. The Kier molecular flexibility index (Phi) is 3.24. The van der Waals surface area contributed by atoms with E-state index in [1.165, 1.54) is 10.9 Å². The second-order valence-electron chi connectivity index (χ2n) is 4.00. The number of nitrogens with two attached hydrogens (primary N) is 1. The molecule has 2 N–H and O–H groups in total. The highest BCUT2D eigenvalue weighted by Crippen LogP contribution is 2.37. The number of hydrogen-bond acceptors (Lipinski definition) is 3. The molecule has 0 saturated carbocycles. The summed E-state index contributed by atoms with van der Waals surface area (Å²) in [6, 6.07) is 3.99. The summed E-state index contributed by atoms with van der Waals surface area (Å²) >= 11 is 0. The van der Waals surface area contributed by atoms with Crippen LogP contribution >= 0.6 is 0 Å². The van der Waals surface area contributed by atoms with E-state index in [9.17, 15) is 0 Å². The highest BCUT2D eigenvalue weighted by Gasteiger charge is 2.14. The Hall–Kier alpha value is -1.68. The topological polar surface area (TPSA) is 49.4 Å². The third-order valence-electron chi connectivity index (χ3n) is 2.98. The first-order valence-corrected chi connectivity index (χ1v) is 5.61. The van der Waals surface area contributed by atoms with E-state index in [1.807, 2.05) is 13.1 Å². The molecule has 1 heterocycles. The van der Waals surface area contributed by atoms with E-state index in [4.69, 9.17) is 15.2 Å². The van der Waals surface area contributed by atoms with Crippen LogP contribution in [0.15, 0.2) is 18.3 Å². The van der Waals surface area contributed by atoms with Gasteiger partial charge >= 0.3 is 0 Å². The van der Waals surface area contributed by atoms with Crippen molar-refractivity contribution in [2.24, 2.45) is 12.8 Å². The lowest BCUT2D eigenvalue weighted by molar-refractivity contribution is 0.357. The number of hydrogen-bond donors (Lipinski definition) is 1. The highest BCUT2D eigenvalue weighted by atomic mass is 16.5. The van der Waals surface area contributed by atoms with Crippen molar-refractivity contribution in [3.05, 3.63) is 23.9 Å². The van der Waals surface area contributed by atoms with Crippen LogP contribution in [0.3, 0.4) is 0 Å². The number of aromatic nitrogens is 1. The van der Waals surface area contributed by atoms with Gasteiger partial charge in [0.1, 0.15) is 0 Å². The summed E-state index contributed by atoms with van der Waals surface area (Å²) in [6.45, 7) is 0.646. The molecular formula is C13H18N2O2. The zero-order valence-electron chi connectivity index (χ0n) is 10.5. The van der Waals surface area contributed by atoms with Crippen LogP contribution in [-0.4, -0.2) is 25.3 Å². The SMILES string of the molecule is COc1ccc2c(CCN)cn(C)c2c1OC. The van der Waals surface area contributed by atoms with Crippen molar-refractivity contribution in [2.75, 3.05) is 20.8 Å². The van der Waals surface area contributed by atoms with Crippen LogP contribution in [-0.2, 0) is 13.5 Å². The fraction of sp³-hybridized carbons (Fsp3) is 0.385. The number of aryl methyl sites for hydroxylation is 1. The Morgan fingerprint density at radius 2 is 2.00 bits per heavy atom. The van der Waals surface area contributed by atoms with Crippen molar-refractivity contribution in [3.63, 3.8) is 0 Å². The fourth-order valence-corrected chi connectivity index (χ4v) is 2.24. The Morgan fingerprint density at radius 3 is 2.59 bits per heavy atom. The maximum Gasteiger partial charge on any atom is 0.185 e. The van der Waals surface area contributed by atoms with Gasteiger partial charge in [-0.05, 0) is 30.7 Å². The smallest absolute Gasteiger partial charge is 0.185 e. The molecule has 0 fully saturated rings. The van der Waals surface area contributed by atoms with Gasteiger partial charge in [0.05, 0.1) is 19.7 Å². The van der Waals surface area contributed by atoms with Crippen LogP contribution in [0.1, 0.15) is 5.56 Å². The minimum absolute atomic E-state index is 0.646. The van der Waals surface area contributed by atoms with Crippen LogP contribution in [0, 0.1) is 0 Å². The van der Waals surface area contributed by atoms with E-state index in [0.29, 0.717) is 6.54 Å². The van der Waals surface area contributed by atoms with E-state index in [-0.39, 0.29) is 0 Å². The first-order chi connectivity index (χ1) is 8.22. The second-order valence-corrected chi connectivity index (χ2v) is 4.00. The van der Waals surface area contributed by atoms with Gasteiger partial charge in [0.2, 0.25) is 0 Å². The molecule has 0 spiro atoms. The van der Waals surface area contributed by atoms with Gasteiger partial charge in [0, 0.05) is 18.6 Å². The fourth-order valence-electron chi connectivity index (χ4n) is 2.24. The molecular weight excluding hydrogens is 216 g/mol. The zero-order chi connectivity index (χ0) is 12.4. The van der Waals surface area contributed by atoms with Crippen molar-refractivity contribution in [1.29, 1.82) is 0 Å². The van der Waals surface area contributed by atoms with E-state index in [0.717, 1.165) is 23.4 Å². The number of fused-ring (bicyclic) bond motifs is 1. The van der Waals surface area contributed by atoms with Crippen LogP contribution in [0.2, 0.25) is 0 Å². The van der Waals surface area contributed by atoms with Crippen molar-refractivity contribution < 1.29 is 9.47 Å². The molecule has 2 aromatic rings. The highest BCUT2D eigenvalue weighted by molar-refractivity contribution is 5.91. The van der Waals surface area contributed by atoms with E-state index >= 15 is 0 Å². The molecule has 1 aromatic heterocycles. The molecule has 0 atom stereocenters. The van der Waals surface area contributed by atoms with Gasteiger partial charge in [-0.15, -0.1) is 0 Å². The number of methoxy groups -OCH3 is 2. The van der Waals surface area contributed by atoms with Gasteiger partial charge in [-0.25, -0.2) is 0 Å². The summed E-state index contributed by atoms with van der Waals surface area (Å²) in [5, 5.41) is 1.18. The van der Waals surface area contributed by atoms with Gasteiger partial charge in [0.15, 0.2) is 11.5 Å². The molecule has 0 amide bonds. The van der Waals surface area contributed by atoms with E-state index < -0.39 is 0 Å². The molecule has 4 nitrogen and oxygen atoms in total. The molecule has 0 radical (unpaired) electrons. The Morgan fingerprint density at radius 1 is 1.24 bits per heavy atom. The number of rotatable bonds is 4. The molecule has 0 bridgehead atoms. The van der Waals surface area contributed by atoms with Crippen LogP contribution in [0.4, 0.5) is 0 Å². The summed E-state index contributed by atoms with van der Waals surface area (Å²) in [5.74, 6) is 1.52. The first-order valence-electron chi connectivity index (χ1n) is 5.61. The van der Waals surface area contributed by atoms with Gasteiger partial charge < -0.3 is 19.8 Å². The molecule has 4 heteroatoms. The monoisotopic (exact) mass is 234 g/mol. The second kappa shape index (κ2) is 4.67. The zero-order valence-corrected chi connectivity index (χ0v) is 10.5. The number of benzene rings is 1. The predicted octanol–water partition coefficient (Wildman–Crippen LogP) is 1.70. The summed E-state index contributed by atoms with van der Waals surface area (Å²) in [7, 11) is 5.31. The third-order valence-corrected chi connectivity index (χ3v) is 2.98. The lowest BCUT2D eigenvalue weighted by atomic mass is 10.1. The van der Waals surface area contributed by atoms with Crippen molar-refractivity contribution in [2.45, 2.75) is 6.42 Å². The lowest BCUT2D eigenvalue weighted by Gasteiger charge is -2.10. The largest absolute Gasteiger partial charge is 0.493 e. The van der Waals surface area contributed by atoms with Crippen molar-refractivity contribution >= 4 is 10.9 Å². The molecule has 92 valence electrons. The van der Waals surface area contributed by atoms with E-state index in [2.05, 4.69) is 16.8 Å². The van der Waals surface area contributed by atoms with Gasteiger partial charge in [-0.2, -0.15) is 0 Å². The molecule has 0 aliphatic carbocycles. The molecule has 17 heavy (non-hydrogen) atoms. The van der Waals surface area contributed by atoms with Crippen molar-refractivity contribution in [1.82, 2.24) is 4.57 Å². The normalized spacial score (nSPS) is 10.8. The summed E-state index contributed by atoms with van der Waals surface area (Å²) in [6.07, 6.45) is 2.96. The number of nitrogens with zero attached hydrogens (tertiary/aromatic N) is 1. The predicted molar refractivity (Wildman–Crippen MR) is 68.8 cm³/mol. The van der Waals surface area contributed by atoms with Crippen LogP contribution in [0.25, 0.3) is 10.9 Å². The average molecular weight is 234 g/mol. The van der Waals surface area contributed by atoms with Gasteiger partial charge in [0.25, 0.3) is 0 Å². The minimum atomic E-state index is 0.646. The molecule has 0 aliphatic rings. The molecule has 0 saturated heterocycles. The minimum Gasteiger partial charge on any atom is -0.493 e. The van der Waals surface area contributed by atoms with E-state index in [1.54, 1.807) is 14.2 Å². The Bertz CT molecular complexity index is 532. The molecule has 0 aliphatic heterocycles. The maximum atomic E-state index is 5.62. The first kappa shape index (κ1) is 11.8. The summed E-state index contributed by atoms with van der Waals surface area (Å²) in [5.41, 5.74) is 7.92. The van der Waals surface area contributed by atoms with Gasteiger partial charge in [-0.1, -0.05) is 0 Å². The maximum absolute atomic E-state index is 5.62. The lowest BCUT2D eigenvalue weighted by Crippen LogP contribution is -2.01. The van der Waals surface area contributed by atoms with Gasteiger partial charge in [-0.3, -0.25) is 0 Å².